The van der Waals surface area contributed by atoms with Crippen molar-refractivity contribution >= 4 is 28.3 Å². The van der Waals surface area contributed by atoms with Gasteiger partial charge in [-0.15, -0.1) is 10.2 Å². The molecule has 7 nitrogen and oxygen atoms in total. The molecule has 0 aliphatic rings. The SMILES string of the molecule is CC[NH+](CC)CCCNC(=O)C(=O)Nc1nnc(C)s1. The summed E-state index contributed by atoms with van der Waals surface area (Å²) in [6.07, 6.45) is 0.855. The maximum Gasteiger partial charge on any atom is 0.315 e. The summed E-state index contributed by atoms with van der Waals surface area (Å²) in [5.74, 6) is -1.33. The third-order valence-electron chi connectivity index (χ3n) is 2.95. The fourth-order valence-corrected chi connectivity index (χ4v) is 2.31. The van der Waals surface area contributed by atoms with Crippen LogP contribution in [0.1, 0.15) is 25.3 Å². The molecule has 0 aromatic carbocycles. The minimum absolute atomic E-state index is 0.343. The summed E-state index contributed by atoms with van der Waals surface area (Å²) in [4.78, 5) is 24.6. The van der Waals surface area contributed by atoms with Crippen LogP contribution in [0.25, 0.3) is 0 Å². The molecular weight excluding hydrogens is 278 g/mol. The maximum atomic E-state index is 11.6. The zero-order valence-electron chi connectivity index (χ0n) is 12.2. The van der Waals surface area contributed by atoms with Crippen LogP contribution in [0.4, 0.5) is 5.13 Å². The predicted octanol–water partition coefficient (Wildman–Crippen LogP) is -0.784. The van der Waals surface area contributed by atoms with Crippen molar-refractivity contribution in [3.63, 3.8) is 0 Å². The van der Waals surface area contributed by atoms with Gasteiger partial charge in [0.1, 0.15) is 5.01 Å². The molecule has 1 heterocycles. The molecule has 0 aliphatic carbocycles. The average molecular weight is 300 g/mol. The number of carbonyl (C=O) groups excluding carboxylic acids is 2. The molecule has 0 unspecified atom stereocenters. The first-order chi connectivity index (χ1) is 9.56. The van der Waals surface area contributed by atoms with Crippen molar-refractivity contribution in [1.29, 1.82) is 0 Å². The van der Waals surface area contributed by atoms with Crippen LogP contribution in [-0.4, -0.2) is 48.2 Å². The molecule has 0 spiro atoms. The van der Waals surface area contributed by atoms with Crippen LogP contribution >= 0.6 is 11.3 Å². The van der Waals surface area contributed by atoms with E-state index in [9.17, 15) is 9.59 Å². The molecule has 112 valence electrons. The van der Waals surface area contributed by atoms with Gasteiger partial charge in [-0.3, -0.25) is 14.9 Å². The second-order valence-corrected chi connectivity index (χ2v) is 5.58. The van der Waals surface area contributed by atoms with Gasteiger partial charge in [-0.25, -0.2) is 0 Å². The van der Waals surface area contributed by atoms with Gasteiger partial charge >= 0.3 is 11.8 Å². The summed E-state index contributed by atoms with van der Waals surface area (Å²) < 4.78 is 0. The Balaban J connectivity index is 2.23. The largest absolute Gasteiger partial charge is 0.348 e. The summed E-state index contributed by atoms with van der Waals surface area (Å²) in [7, 11) is 0. The van der Waals surface area contributed by atoms with E-state index in [-0.39, 0.29) is 0 Å². The fraction of sp³-hybridized carbons (Fsp3) is 0.667. The molecule has 1 aromatic heterocycles. The number of nitrogens with one attached hydrogen (secondary N) is 3. The van der Waals surface area contributed by atoms with Gasteiger partial charge in [0.2, 0.25) is 5.13 Å². The molecule has 8 heteroatoms. The number of quaternary nitrogens is 1. The van der Waals surface area contributed by atoms with Crippen molar-refractivity contribution in [3.05, 3.63) is 5.01 Å². The molecule has 2 amide bonds. The second kappa shape index (κ2) is 8.60. The quantitative estimate of drug-likeness (QED) is 0.455. The van der Waals surface area contributed by atoms with Crippen molar-refractivity contribution in [2.45, 2.75) is 27.2 Å². The lowest BCUT2D eigenvalue weighted by molar-refractivity contribution is -0.896. The molecule has 0 saturated carbocycles. The Kier molecular flexibility index (Phi) is 7.10. The van der Waals surface area contributed by atoms with Crippen LogP contribution in [0, 0.1) is 6.92 Å². The van der Waals surface area contributed by atoms with Crippen LogP contribution in [0.5, 0.6) is 0 Å². The number of aromatic nitrogens is 2. The third-order valence-corrected chi connectivity index (χ3v) is 3.70. The molecule has 0 bridgehead atoms. The summed E-state index contributed by atoms with van der Waals surface area (Å²) in [6, 6.07) is 0. The highest BCUT2D eigenvalue weighted by Crippen LogP contribution is 2.12. The zero-order chi connectivity index (χ0) is 15.0. The van der Waals surface area contributed by atoms with Crippen LogP contribution in [-0.2, 0) is 9.59 Å². The van der Waals surface area contributed by atoms with E-state index in [4.69, 9.17) is 0 Å². The van der Waals surface area contributed by atoms with E-state index in [1.807, 2.05) is 0 Å². The smallest absolute Gasteiger partial charge is 0.315 e. The van der Waals surface area contributed by atoms with E-state index in [1.54, 1.807) is 6.92 Å². The van der Waals surface area contributed by atoms with E-state index in [0.29, 0.717) is 11.7 Å². The number of aryl methyl sites for hydroxylation is 1. The van der Waals surface area contributed by atoms with Crippen molar-refractivity contribution in [2.75, 3.05) is 31.5 Å². The minimum Gasteiger partial charge on any atom is -0.348 e. The Morgan fingerprint density at radius 3 is 2.45 bits per heavy atom. The Hall–Kier alpha value is -1.54. The number of rotatable bonds is 7. The second-order valence-electron chi connectivity index (χ2n) is 4.40. The monoisotopic (exact) mass is 300 g/mol. The summed E-state index contributed by atoms with van der Waals surface area (Å²) >= 11 is 1.23. The lowest BCUT2D eigenvalue weighted by Crippen LogP contribution is -3.11. The number of hydrogen-bond acceptors (Lipinski definition) is 5. The molecule has 0 radical (unpaired) electrons. The van der Waals surface area contributed by atoms with E-state index < -0.39 is 11.8 Å². The first-order valence-electron chi connectivity index (χ1n) is 6.79. The van der Waals surface area contributed by atoms with Crippen molar-refractivity contribution < 1.29 is 14.5 Å². The highest BCUT2D eigenvalue weighted by Gasteiger charge is 2.15. The third kappa shape index (κ3) is 5.62. The lowest BCUT2D eigenvalue weighted by Gasteiger charge is -2.14. The van der Waals surface area contributed by atoms with Crippen LogP contribution in [0.15, 0.2) is 0 Å². The number of nitrogens with zero attached hydrogens (tertiary/aromatic N) is 2. The normalized spacial score (nSPS) is 10.6. The Morgan fingerprint density at radius 1 is 1.20 bits per heavy atom. The topological polar surface area (TPSA) is 88.4 Å². The number of anilines is 1. The summed E-state index contributed by atoms with van der Waals surface area (Å²) in [6.45, 7) is 9.69. The van der Waals surface area contributed by atoms with Crippen molar-refractivity contribution in [3.8, 4) is 0 Å². The maximum absolute atomic E-state index is 11.6. The van der Waals surface area contributed by atoms with Crippen molar-refractivity contribution in [1.82, 2.24) is 15.5 Å². The molecule has 1 aromatic rings. The molecule has 1 rings (SSSR count). The number of amides is 2. The van der Waals surface area contributed by atoms with Gasteiger partial charge in [0, 0.05) is 13.0 Å². The summed E-state index contributed by atoms with van der Waals surface area (Å²) in [5, 5.41) is 13.6. The van der Waals surface area contributed by atoms with E-state index in [0.717, 1.165) is 31.1 Å². The lowest BCUT2D eigenvalue weighted by atomic mass is 10.3. The van der Waals surface area contributed by atoms with Crippen LogP contribution in [0.3, 0.4) is 0 Å². The number of hydrogen-bond donors (Lipinski definition) is 3. The molecule has 0 saturated heterocycles. The van der Waals surface area contributed by atoms with Crippen LogP contribution in [0.2, 0.25) is 0 Å². The van der Waals surface area contributed by atoms with Gasteiger partial charge < -0.3 is 10.2 Å². The zero-order valence-corrected chi connectivity index (χ0v) is 13.0. The van der Waals surface area contributed by atoms with Gasteiger partial charge in [0.15, 0.2) is 0 Å². The Labute approximate surface area is 122 Å². The highest BCUT2D eigenvalue weighted by atomic mass is 32.1. The molecule has 20 heavy (non-hydrogen) atoms. The fourth-order valence-electron chi connectivity index (χ4n) is 1.73. The Morgan fingerprint density at radius 2 is 1.90 bits per heavy atom. The van der Waals surface area contributed by atoms with Gasteiger partial charge in [0.25, 0.3) is 0 Å². The van der Waals surface area contributed by atoms with E-state index >= 15 is 0 Å². The van der Waals surface area contributed by atoms with Gasteiger partial charge in [-0.1, -0.05) is 11.3 Å². The molecule has 0 aliphatic heterocycles. The predicted molar refractivity (Wildman–Crippen MR) is 77.8 cm³/mol. The van der Waals surface area contributed by atoms with Gasteiger partial charge in [0.05, 0.1) is 19.6 Å². The van der Waals surface area contributed by atoms with Crippen LogP contribution < -0.4 is 15.5 Å². The van der Waals surface area contributed by atoms with Gasteiger partial charge in [-0.05, 0) is 20.8 Å². The summed E-state index contributed by atoms with van der Waals surface area (Å²) in [5.41, 5.74) is 0. The number of carbonyl (C=O) groups is 2. The van der Waals surface area contributed by atoms with Crippen molar-refractivity contribution in [2.24, 2.45) is 0 Å². The minimum atomic E-state index is -0.698. The average Bonchev–Trinajstić information content (AvgIpc) is 2.84. The molecule has 3 N–H and O–H groups in total. The molecule has 0 fully saturated rings. The first-order valence-corrected chi connectivity index (χ1v) is 7.61. The van der Waals surface area contributed by atoms with E-state index in [2.05, 4.69) is 34.7 Å². The van der Waals surface area contributed by atoms with Gasteiger partial charge in [-0.2, -0.15) is 0 Å². The Bertz CT molecular complexity index is 445. The first kappa shape index (κ1) is 16.5. The van der Waals surface area contributed by atoms with E-state index in [1.165, 1.54) is 16.2 Å². The molecule has 0 atom stereocenters. The standard InChI is InChI=1S/C12H21N5O2S/c1-4-17(5-2)8-6-7-13-10(18)11(19)14-12-16-15-9(3)20-12/h4-8H2,1-3H3,(H,13,18)(H,14,16,19)/p+1. The highest BCUT2D eigenvalue weighted by molar-refractivity contribution is 7.15. The molecular formula is C12H22N5O2S+.